The number of thioether (sulfide) groups is 1. The predicted molar refractivity (Wildman–Crippen MR) is 75.8 cm³/mol. The number of ether oxygens (including phenoxy) is 1. The molecule has 0 aromatic rings. The molecule has 0 saturated carbocycles. The smallest absolute Gasteiger partial charge is 0.203 e. The van der Waals surface area contributed by atoms with Crippen molar-refractivity contribution in [3.05, 3.63) is 35.4 Å². The molecular formula is C14H17NO3S. The van der Waals surface area contributed by atoms with Gasteiger partial charge in [-0.25, -0.2) is 0 Å². The Balaban J connectivity index is 1.90. The Morgan fingerprint density at radius 2 is 2.26 bits per heavy atom. The van der Waals surface area contributed by atoms with Crippen LogP contribution in [-0.2, 0) is 14.3 Å². The van der Waals surface area contributed by atoms with Gasteiger partial charge in [0.1, 0.15) is 0 Å². The molecule has 1 atom stereocenters. The number of ketones is 2. The molecule has 5 heteroatoms. The fourth-order valence-corrected chi connectivity index (χ4v) is 2.66. The second-order valence-electron chi connectivity index (χ2n) is 4.41. The molecule has 0 amide bonds. The van der Waals surface area contributed by atoms with E-state index in [9.17, 15) is 9.59 Å². The lowest BCUT2D eigenvalue weighted by Crippen LogP contribution is -2.30. The molecule has 4 nitrogen and oxygen atoms in total. The van der Waals surface area contributed by atoms with Crippen LogP contribution >= 0.6 is 11.8 Å². The van der Waals surface area contributed by atoms with Gasteiger partial charge in [0, 0.05) is 31.1 Å². The lowest BCUT2D eigenvalue weighted by molar-refractivity contribution is -0.115. The highest BCUT2D eigenvalue weighted by Crippen LogP contribution is 2.22. The molecular weight excluding hydrogens is 262 g/mol. The van der Waals surface area contributed by atoms with Crippen molar-refractivity contribution >= 4 is 23.3 Å². The number of allylic oxidation sites excluding steroid dienone is 3. The Morgan fingerprint density at radius 3 is 2.95 bits per heavy atom. The van der Waals surface area contributed by atoms with Crippen molar-refractivity contribution in [1.82, 2.24) is 5.32 Å². The van der Waals surface area contributed by atoms with Gasteiger partial charge in [0.15, 0.2) is 5.78 Å². The van der Waals surface area contributed by atoms with Gasteiger partial charge >= 0.3 is 0 Å². The van der Waals surface area contributed by atoms with Crippen molar-refractivity contribution in [3.8, 4) is 0 Å². The number of carbonyl (C=O) groups excluding carboxylic acids is 2. The predicted octanol–water partition coefficient (Wildman–Crippen LogP) is 1.59. The van der Waals surface area contributed by atoms with E-state index in [0.29, 0.717) is 22.9 Å². The fraction of sp³-hybridized carbons (Fsp3) is 0.429. The van der Waals surface area contributed by atoms with Crippen LogP contribution in [0.5, 0.6) is 0 Å². The Hall–Kier alpha value is -1.33. The molecule has 0 radical (unpaired) electrons. The van der Waals surface area contributed by atoms with Crippen LogP contribution in [0, 0.1) is 0 Å². The molecule has 102 valence electrons. The summed E-state index contributed by atoms with van der Waals surface area (Å²) < 4.78 is 5.46. The van der Waals surface area contributed by atoms with Gasteiger partial charge in [-0.15, -0.1) is 18.3 Å². The topological polar surface area (TPSA) is 55.4 Å². The quantitative estimate of drug-likeness (QED) is 0.591. The minimum atomic E-state index is -0.149. The van der Waals surface area contributed by atoms with Gasteiger partial charge in [-0.1, -0.05) is 6.08 Å². The zero-order valence-electron chi connectivity index (χ0n) is 10.7. The first-order valence-electron chi connectivity index (χ1n) is 6.32. The summed E-state index contributed by atoms with van der Waals surface area (Å²) in [5, 5.41) is 3.01. The van der Waals surface area contributed by atoms with Crippen LogP contribution in [0.3, 0.4) is 0 Å². The van der Waals surface area contributed by atoms with Crippen LogP contribution in [0.2, 0.25) is 0 Å². The molecule has 1 aliphatic heterocycles. The summed E-state index contributed by atoms with van der Waals surface area (Å²) in [7, 11) is 0. The first kappa shape index (κ1) is 14.1. The Morgan fingerprint density at radius 1 is 1.42 bits per heavy atom. The van der Waals surface area contributed by atoms with Gasteiger partial charge in [0.25, 0.3) is 0 Å². The lowest BCUT2D eigenvalue weighted by Gasteiger charge is -2.16. The molecule has 1 unspecified atom stereocenters. The largest absolute Gasteiger partial charge is 0.379 e. The first-order valence-corrected chi connectivity index (χ1v) is 7.30. The first-order chi connectivity index (χ1) is 9.20. The van der Waals surface area contributed by atoms with E-state index in [-0.39, 0.29) is 17.7 Å². The zero-order chi connectivity index (χ0) is 13.7. The average Bonchev–Trinajstić information content (AvgIpc) is 2.91. The van der Waals surface area contributed by atoms with Crippen LogP contribution in [-0.4, -0.2) is 36.6 Å². The van der Waals surface area contributed by atoms with Gasteiger partial charge in [-0.05, 0) is 12.8 Å². The van der Waals surface area contributed by atoms with E-state index in [1.807, 2.05) is 0 Å². The number of rotatable bonds is 6. The van der Waals surface area contributed by atoms with E-state index >= 15 is 0 Å². The van der Waals surface area contributed by atoms with E-state index in [1.165, 1.54) is 23.9 Å². The third kappa shape index (κ3) is 3.81. The number of nitrogens with one attached hydrogen (secondary N) is 1. The number of carbonyl (C=O) groups is 2. The Bertz CT molecular complexity index is 448. The van der Waals surface area contributed by atoms with Crippen LogP contribution < -0.4 is 5.32 Å². The average molecular weight is 279 g/mol. The minimum Gasteiger partial charge on any atom is -0.379 e. The Labute approximate surface area is 117 Å². The standard InChI is InChI=1S/C14H17NO3S/c1-2-6-19-14-8-12(16)11(7-13(14)17)15-9-10-4-3-5-18-10/h2,7-8,10,15H,1,3-6,9H2. The summed E-state index contributed by atoms with van der Waals surface area (Å²) >= 11 is 1.33. The maximum atomic E-state index is 11.9. The molecule has 1 fully saturated rings. The van der Waals surface area contributed by atoms with Crippen LogP contribution in [0.25, 0.3) is 0 Å². The SMILES string of the molecule is C=CCSC1=CC(=O)C(NCC2CCCO2)=CC1=O. The highest BCUT2D eigenvalue weighted by Gasteiger charge is 2.22. The fourth-order valence-electron chi connectivity index (χ4n) is 1.97. The van der Waals surface area contributed by atoms with E-state index in [0.717, 1.165) is 19.4 Å². The molecule has 0 bridgehead atoms. The molecule has 0 aromatic heterocycles. The van der Waals surface area contributed by atoms with Gasteiger partial charge in [-0.3, -0.25) is 9.59 Å². The van der Waals surface area contributed by atoms with E-state index in [2.05, 4.69) is 11.9 Å². The molecule has 1 saturated heterocycles. The van der Waals surface area contributed by atoms with E-state index < -0.39 is 0 Å². The van der Waals surface area contributed by atoms with Crippen molar-refractivity contribution in [3.63, 3.8) is 0 Å². The van der Waals surface area contributed by atoms with E-state index in [4.69, 9.17) is 4.74 Å². The van der Waals surface area contributed by atoms with Crippen molar-refractivity contribution in [2.24, 2.45) is 0 Å². The van der Waals surface area contributed by atoms with Crippen molar-refractivity contribution in [2.45, 2.75) is 18.9 Å². The summed E-state index contributed by atoms with van der Waals surface area (Å²) in [5.41, 5.74) is 0.364. The molecule has 19 heavy (non-hydrogen) atoms. The number of hydrogen-bond acceptors (Lipinski definition) is 5. The maximum absolute atomic E-state index is 11.9. The molecule has 2 rings (SSSR count). The second-order valence-corrected chi connectivity index (χ2v) is 5.47. The van der Waals surface area contributed by atoms with Crippen LogP contribution in [0.15, 0.2) is 35.4 Å². The normalized spacial score (nSPS) is 23.1. The van der Waals surface area contributed by atoms with E-state index in [1.54, 1.807) is 6.08 Å². The molecule has 0 aromatic carbocycles. The molecule has 2 aliphatic rings. The Kier molecular flexibility index (Phi) is 4.99. The summed E-state index contributed by atoms with van der Waals surface area (Å²) in [6.07, 6.45) is 6.68. The monoisotopic (exact) mass is 279 g/mol. The van der Waals surface area contributed by atoms with Crippen molar-refractivity contribution < 1.29 is 14.3 Å². The molecule has 1 N–H and O–H groups in total. The van der Waals surface area contributed by atoms with Gasteiger partial charge in [0.05, 0.1) is 16.7 Å². The summed E-state index contributed by atoms with van der Waals surface area (Å²) in [6, 6.07) is 0. The van der Waals surface area contributed by atoms with Crippen molar-refractivity contribution in [1.29, 1.82) is 0 Å². The van der Waals surface area contributed by atoms with Gasteiger partial charge in [0.2, 0.25) is 5.78 Å². The zero-order valence-corrected chi connectivity index (χ0v) is 11.5. The molecule has 1 aliphatic carbocycles. The summed E-state index contributed by atoms with van der Waals surface area (Å²) in [6.45, 7) is 4.95. The lowest BCUT2D eigenvalue weighted by atomic mass is 10.1. The third-order valence-corrected chi connectivity index (χ3v) is 3.98. The third-order valence-electron chi connectivity index (χ3n) is 2.95. The van der Waals surface area contributed by atoms with Crippen LogP contribution in [0.4, 0.5) is 0 Å². The van der Waals surface area contributed by atoms with Crippen molar-refractivity contribution in [2.75, 3.05) is 18.9 Å². The maximum Gasteiger partial charge on any atom is 0.203 e. The number of hydrogen-bond donors (Lipinski definition) is 1. The highest BCUT2D eigenvalue weighted by atomic mass is 32.2. The van der Waals surface area contributed by atoms with Gasteiger partial charge in [-0.2, -0.15) is 0 Å². The highest BCUT2D eigenvalue weighted by molar-refractivity contribution is 8.04. The molecule has 0 spiro atoms. The summed E-state index contributed by atoms with van der Waals surface area (Å²) in [5.74, 6) is 0.350. The minimum absolute atomic E-state index is 0.124. The van der Waals surface area contributed by atoms with Gasteiger partial charge < -0.3 is 10.1 Å². The second kappa shape index (κ2) is 6.73. The molecule has 1 heterocycles. The summed E-state index contributed by atoms with van der Waals surface area (Å²) in [4.78, 5) is 24.2. The van der Waals surface area contributed by atoms with Crippen LogP contribution in [0.1, 0.15) is 12.8 Å².